The first-order chi connectivity index (χ1) is 9.24. The number of hydrogen-bond donors (Lipinski definition) is 1. The standard InChI is InChI=1S/C16H20N2O/c1-13(2)10-17-11-14-8-9-16(18-12-14)19-15-6-4-3-5-7-15/h3-9,12-13,17H,10-11H2,1-2H3. The van der Waals surface area contributed by atoms with Gasteiger partial charge in [0.1, 0.15) is 5.75 Å². The average molecular weight is 256 g/mol. The second-order valence-electron chi connectivity index (χ2n) is 4.94. The smallest absolute Gasteiger partial charge is 0.219 e. The molecule has 3 heteroatoms. The molecule has 100 valence electrons. The highest BCUT2D eigenvalue weighted by molar-refractivity contribution is 5.27. The van der Waals surface area contributed by atoms with Gasteiger partial charge in [0, 0.05) is 18.8 Å². The van der Waals surface area contributed by atoms with Crippen LogP contribution in [0.5, 0.6) is 11.6 Å². The van der Waals surface area contributed by atoms with Gasteiger partial charge in [-0.1, -0.05) is 38.1 Å². The molecular weight excluding hydrogens is 236 g/mol. The van der Waals surface area contributed by atoms with Gasteiger partial charge in [0.15, 0.2) is 0 Å². The number of benzene rings is 1. The Labute approximate surface area is 114 Å². The summed E-state index contributed by atoms with van der Waals surface area (Å²) in [5.41, 5.74) is 1.17. The molecule has 0 unspecified atom stereocenters. The molecule has 1 N–H and O–H groups in total. The van der Waals surface area contributed by atoms with Crippen LogP contribution >= 0.6 is 0 Å². The van der Waals surface area contributed by atoms with Gasteiger partial charge in [-0.2, -0.15) is 0 Å². The molecule has 2 aromatic rings. The molecule has 0 aliphatic carbocycles. The Bertz CT molecular complexity index is 480. The van der Waals surface area contributed by atoms with Crippen LogP contribution in [-0.4, -0.2) is 11.5 Å². The van der Waals surface area contributed by atoms with Crippen molar-refractivity contribution in [3.8, 4) is 11.6 Å². The number of nitrogens with one attached hydrogen (secondary N) is 1. The fourth-order valence-corrected chi connectivity index (χ4v) is 1.69. The van der Waals surface area contributed by atoms with Gasteiger partial charge in [-0.05, 0) is 30.2 Å². The molecule has 1 aromatic heterocycles. The summed E-state index contributed by atoms with van der Waals surface area (Å²) >= 11 is 0. The monoisotopic (exact) mass is 256 g/mol. The second kappa shape index (κ2) is 6.90. The summed E-state index contributed by atoms with van der Waals surface area (Å²) in [5.74, 6) is 2.09. The van der Waals surface area contributed by atoms with Crippen LogP contribution in [0.15, 0.2) is 48.7 Å². The van der Waals surface area contributed by atoms with E-state index in [4.69, 9.17) is 4.74 Å². The van der Waals surface area contributed by atoms with E-state index in [0.717, 1.165) is 18.8 Å². The van der Waals surface area contributed by atoms with Gasteiger partial charge in [-0.3, -0.25) is 0 Å². The van der Waals surface area contributed by atoms with Crippen molar-refractivity contribution in [2.45, 2.75) is 20.4 Å². The minimum absolute atomic E-state index is 0.624. The van der Waals surface area contributed by atoms with Crippen molar-refractivity contribution in [3.63, 3.8) is 0 Å². The number of hydrogen-bond acceptors (Lipinski definition) is 3. The molecule has 3 nitrogen and oxygen atoms in total. The van der Waals surface area contributed by atoms with Crippen molar-refractivity contribution >= 4 is 0 Å². The Hall–Kier alpha value is -1.87. The highest BCUT2D eigenvalue weighted by Crippen LogP contribution is 2.18. The number of rotatable bonds is 6. The first-order valence-corrected chi connectivity index (χ1v) is 6.62. The van der Waals surface area contributed by atoms with E-state index in [-0.39, 0.29) is 0 Å². The lowest BCUT2D eigenvalue weighted by Gasteiger charge is -2.08. The zero-order valence-corrected chi connectivity index (χ0v) is 11.5. The number of aromatic nitrogens is 1. The third-order valence-corrected chi connectivity index (χ3v) is 2.64. The third kappa shape index (κ3) is 4.72. The van der Waals surface area contributed by atoms with E-state index in [0.29, 0.717) is 11.8 Å². The van der Waals surface area contributed by atoms with E-state index in [9.17, 15) is 0 Å². The van der Waals surface area contributed by atoms with Crippen LogP contribution in [0.2, 0.25) is 0 Å². The number of pyridine rings is 1. The Morgan fingerprint density at radius 2 is 1.89 bits per heavy atom. The van der Waals surface area contributed by atoms with E-state index >= 15 is 0 Å². The summed E-state index contributed by atoms with van der Waals surface area (Å²) in [6.45, 7) is 6.25. The zero-order valence-electron chi connectivity index (χ0n) is 11.5. The molecule has 0 saturated carbocycles. The van der Waals surface area contributed by atoms with Crippen LogP contribution in [0.3, 0.4) is 0 Å². The van der Waals surface area contributed by atoms with Crippen LogP contribution < -0.4 is 10.1 Å². The summed E-state index contributed by atoms with van der Waals surface area (Å²) in [5, 5.41) is 3.39. The highest BCUT2D eigenvalue weighted by Gasteiger charge is 1.99. The Morgan fingerprint density at radius 3 is 2.53 bits per heavy atom. The van der Waals surface area contributed by atoms with Crippen molar-refractivity contribution in [1.29, 1.82) is 0 Å². The normalized spacial score (nSPS) is 10.7. The van der Waals surface area contributed by atoms with Crippen LogP contribution in [-0.2, 0) is 6.54 Å². The minimum atomic E-state index is 0.624. The SMILES string of the molecule is CC(C)CNCc1ccc(Oc2ccccc2)nc1. The van der Waals surface area contributed by atoms with Crippen LogP contribution in [0.25, 0.3) is 0 Å². The van der Waals surface area contributed by atoms with Gasteiger partial charge in [0.05, 0.1) is 0 Å². The second-order valence-corrected chi connectivity index (χ2v) is 4.94. The Balaban J connectivity index is 1.88. The highest BCUT2D eigenvalue weighted by atomic mass is 16.5. The lowest BCUT2D eigenvalue weighted by Crippen LogP contribution is -2.18. The maximum absolute atomic E-state index is 5.64. The average Bonchev–Trinajstić information content (AvgIpc) is 2.42. The molecule has 0 saturated heterocycles. The molecule has 19 heavy (non-hydrogen) atoms. The lowest BCUT2D eigenvalue weighted by atomic mass is 10.2. The largest absolute Gasteiger partial charge is 0.439 e. The zero-order chi connectivity index (χ0) is 13.5. The molecule has 0 bridgehead atoms. The fraction of sp³-hybridized carbons (Fsp3) is 0.312. The summed E-state index contributed by atoms with van der Waals surface area (Å²) < 4.78 is 5.64. The van der Waals surface area contributed by atoms with Gasteiger partial charge in [0.2, 0.25) is 5.88 Å². The first-order valence-electron chi connectivity index (χ1n) is 6.62. The summed E-state index contributed by atoms with van der Waals surface area (Å²) in [6, 6.07) is 13.6. The first kappa shape index (κ1) is 13.6. The Kier molecular flexibility index (Phi) is 4.93. The molecule has 2 rings (SSSR count). The molecule has 0 spiro atoms. The number of ether oxygens (including phenoxy) is 1. The molecule has 0 atom stereocenters. The summed E-state index contributed by atoms with van der Waals surface area (Å²) in [6.07, 6.45) is 1.85. The van der Waals surface area contributed by atoms with Gasteiger partial charge < -0.3 is 10.1 Å². The van der Waals surface area contributed by atoms with Crippen LogP contribution in [0, 0.1) is 5.92 Å². The Morgan fingerprint density at radius 1 is 1.11 bits per heavy atom. The van der Waals surface area contributed by atoms with Crippen molar-refractivity contribution in [2.24, 2.45) is 5.92 Å². The maximum Gasteiger partial charge on any atom is 0.219 e. The van der Waals surface area contributed by atoms with Gasteiger partial charge in [-0.15, -0.1) is 0 Å². The minimum Gasteiger partial charge on any atom is -0.439 e. The fourth-order valence-electron chi connectivity index (χ4n) is 1.69. The molecule has 1 aromatic carbocycles. The lowest BCUT2D eigenvalue weighted by molar-refractivity contribution is 0.462. The maximum atomic E-state index is 5.64. The molecule has 0 aliphatic rings. The summed E-state index contributed by atoms with van der Waals surface area (Å²) in [7, 11) is 0. The predicted molar refractivity (Wildman–Crippen MR) is 77.3 cm³/mol. The quantitative estimate of drug-likeness (QED) is 0.857. The van der Waals surface area contributed by atoms with E-state index in [1.807, 2.05) is 48.7 Å². The van der Waals surface area contributed by atoms with E-state index in [1.54, 1.807) is 0 Å². The molecule has 1 heterocycles. The van der Waals surface area contributed by atoms with E-state index in [2.05, 4.69) is 24.1 Å². The van der Waals surface area contributed by atoms with Gasteiger partial charge >= 0.3 is 0 Å². The van der Waals surface area contributed by atoms with Crippen molar-refractivity contribution in [1.82, 2.24) is 10.3 Å². The molecule has 0 amide bonds. The van der Waals surface area contributed by atoms with E-state index in [1.165, 1.54) is 5.56 Å². The molecular formula is C16H20N2O. The van der Waals surface area contributed by atoms with Crippen molar-refractivity contribution in [2.75, 3.05) is 6.54 Å². The molecule has 0 radical (unpaired) electrons. The predicted octanol–water partition coefficient (Wildman–Crippen LogP) is 3.62. The molecule has 0 fully saturated rings. The van der Waals surface area contributed by atoms with Crippen molar-refractivity contribution in [3.05, 3.63) is 54.2 Å². The van der Waals surface area contributed by atoms with Crippen LogP contribution in [0.1, 0.15) is 19.4 Å². The van der Waals surface area contributed by atoms with E-state index < -0.39 is 0 Å². The van der Waals surface area contributed by atoms with Crippen LogP contribution in [0.4, 0.5) is 0 Å². The van der Waals surface area contributed by atoms with Gasteiger partial charge in [0.25, 0.3) is 0 Å². The third-order valence-electron chi connectivity index (χ3n) is 2.64. The summed E-state index contributed by atoms with van der Waals surface area (Å²) in [4.78, 5) is 4.31. The topological polar surface area (TPSA) is 34.1 Å². The molecule has 0 aliphatic heterocycles. The number of nitrogens with zero attached hydrogens (tertiary/aromatic N) is 1. The number of para-hydroxylation sites is 1. The van der Waals surface area contributed by atoms with Gasteiger partial charge in [-0.25, -0.2) is 4.98 Å². The van der Waals surface area contributed by atoms with Crippen molar-refractivity contribution < 1.29 is 4.74 Å².